The fraction of sp³-hybridized carbons (Fsp3) is 0.371. The summed E-state index contributed by atoms with van der Waals surface area (Å²) in [5.74, 6) is 1.04. The smallest absolute Gasteiger partial charge is 0.255 e. The number of anilines is 2. The fourth-order valence-corrected chi connectivity index (χ4v) is 6.99. The monoisotopic (exact) mass is 548 g/mol. The maximum Gasteiger partial charge on any atom is 0.255 e. The van der Waals surface area contributed by atoms with Gasteiger partial charge in [-0.2, -0.15) is 0 Å². The van der Waals surface area contributed by atoms with E-state index in [9.17, 15) is 9.59 Å². The van der Waals surface area contributed by atoms with Crippen LogP contribution in [0.4, 0.5) is 11.4 Å². The van der Waals surface area contributed by atoms with E-state index in [1.54, 1.807) is 0 Å². The highest BCUT2D eigenvalue weighted by molar-refractivity contribution is 6.05. The molecule has 2 N–H and O–H groups in total. The number of aromatic amines is 1. The van der Waals surface area contributed by atoms with E-state index < -0.39 is 6.04 Å². The molecule has 3 aromatic carbocycles. The zero-order chi connectivity index (χ0) is 28.7. The van der Waals surface area contributed by atoms with Crippen molar-refractivity contribution in [2.45, 2.75) is 52.6 Å². The maximum absolute atomic E-state index is 14.1. The first-order chi connectivity index (χ1) is 19.9. The molecule has 2 amide bonds. The van der Waals surface area contributed by atoms with Crippen LogP contribution in [0.1, 0.15) is 68.1 Å². The van der Waals surface area contributed by atoms with Crippen molar-refractivity contribution < 1.29 is 9.59 Å². The van der Waals surface area contributed by atoms with E-state index in [0.717, 1.165) is 47.2 Å². The first-order valence-electron chi connectivity index (χ1n) is 15.0. The molecule has 0 saturated carbocycles. The van der Waals surface area contributed by atoms with Gasteiger partial charge in [0.05, 0.1) is 6.04 Å². The van der Waals surface area contributed by atoms with Crippen LogP contribution in [0, 0.1) is 17.8 Å². The number of rotatable bonds is 7. The summed E-state index contributed by atoms with van der Waals surface area (Å²) in [6, 6.07) is 23.1. The van der Waals surface area contributed by atoms with E-state index in [1.165, 1.54) is 12.1 Å². The van der Waals surface area contributed by atoms with Gasteiger partial charge >= 0.3 is 0 Å². The van der Waals surface area contributed by atoms with Crippen LogP contribution >= 0.6 is 0 Å². The fourth-order valence-electron chi connectivity index (χ4n) is 6.99. The molecule has 6 nitrogen and oxygen atoms in total. The van der Waals surface area contributed by atoms with Crippen LogP contribution in [0.5, 0.6) is 0 Å². The Balaban J connectivity index is 1.32. The molecular formula is C35H40N4O2. The first kappa shape index (κ1) is 27.1. The Bertz CT molecular complexity index is 1550. The van der Waals surface area contributed by atoms with Gasteiger partial charge < -0.3 is 20.1 Å². The Hall–Kier alpha value is -4.06. The van der Waals surface area contributed by atoms with Gasteiger partial charge in [0.2, 0.25) is 5.91 Å². The van der Waals surface area contributed by atoms with Crippen LogP contribution in [0.25, 0.3) is 10.9 Å². The predicted molar refractivity (Wildman–Crippen MR) is 166 cm³/mol. The Morgan fingerprint density at radius 3 is 2.37 bits per heavy atom. The number of nitrogens with zero attached hydrogens (tertiary/aromatic N) is 2. The van der Waals surface area contributed by atoms with Crippen molar-refractivity contribution in [1.29, 1.82) is 0 Å². The van der Waals surface area contributed by atoms with Gasteiger partial charge in [-0.15, -0.1) is 0 Å². The summed E-state index contributed by atoms with van der Waals surface area (Å²) in [6.07, 6.45) is 4.02. The van der Waals surface area contributed by atoms with Crippen LogP contribution in [-0.4, -0.2) is 40.8 Å². The number of fused-ring (bicyclic) bond motifs is 2. The highest BCUT2D eigenvalue weighted by Crippen LogP contribution is 2.44. The Labute approximate surface area is 242 Å². The van der Waals surface area contributed by atoms with Gasteiger partial charge in [-0.25, -0.2) is 0 Å². The maximum atomic E-state index is 14.1. The van der Waals surface area contributed by atoms with E-state index in [1.807, 2.05) is 65.7 Å². The van der Waals surface area contributed by atoms with E-state index in [4.69, 9.17) is 0 Å². The predicted octanol–water partition coefficient (Wildman–Crippen LogP) is 7.25. The lowest BCUT2D eigenvalue weighted by Gasteiger charge is -2.37. The molecule has 0 aliphatic carbocycles. The third-order valence-electron chi connectivity index (χ3n) is 9.03. The average molecular weight is 549 g/mol. The van der Waals surface area contributed by atoms with Gasteiger partial charge in [-0.3, -0.25) is 9.59 Å². The summed E-state index contributed by atoms with van der Waals surface area (Å²) in [6.45, 7) is 10.9. The van der Waals surface area contributed by atoms with Gasteiger partial charge in [0.1, 0.15) is 6.04 Å². The Morgan fingerprint density at radius 2 is 1.63 bits per heavy atom. The molecule has 1 saturated heterocycles. The van der Waals surface area contributed by atoms with Crippen LogP contribution in [0.15, 0.2) is 79.0 Å². The summed E-state index contributed by atoms with van der Waals surface area (Å²) in [5, 5.41) is 4.24. The van der Waals surface area contributed by atoms with E-state index in [0.29, 0.717) is 17.4 Å². The number of hydrogen-bond donors (Lipinski definition) is 2. The van der Waals surface area contributed by atoms with Crippen molar-refractivity contribution >= 4 is 34.1 Å². The minimum absolute atomic E-state index is 0.0448. The SMILES string of the molecule is CCC(C)C(C(=O)Nc1ccc(N2CC(C)CC(C)C2)cc1)N1C(=O)c2ccccc2C1c1c[nH]c2ccccc12. The van der Waals surface area contributed by atoms with Crippen LogP contribution in [0.3, 0.4) is 0 Å². The second kappa shape index (κ2) is 11.1. The highest BCUT2D eigenvalue weighted by atomic mass is 16.2. The van der Waals surface area contributed by atoms with Crippen molar-refractivity contribution in [3.05, 3.63) is 95.7 Å². The molecule has 212 valence electrons. The molecule has 5 unspecified atom stereocenters. The summed E-state index contributed by atoms with van der Waals surface area (Å²) in [5.41, 5.74) is 5.56. The van der Waals surface area contributed by atoms with Crippen molar-refractivity contribution in [2.24, 2.45) is 17.8 Å². The molecule has 5 atom stereocenters. The zero-order valence-corrected chi connectivity index (χ0v) is 24.4. The van der Waals surface area contributed by atoms with Crippen molar-refractivity contribution in [3.8, 4) is 0 Å². The van der Waals surface area contributed by atoms with Gasteiger partial charge in [0.25, 0.3) is 5.91 Å². The average Bonchev–Trinajstić information content (AvgIpc) is 3.52. The van der Waals surface area contributed by atoms with Gasteiger partial charge in [-0.05, 0) is 66.1 Å². The quantitative estimate of drug-likeness (QED) is 0.256. The molecule has 0 spiro atoms. The second-order valence-corrected chi connectivity index (χ2v) is 12.2. The molecule has 2 aliphatic rings. The van der Waals surface area contributed by atoms with Crippen LogP contribution in [0.2, 0.25) is 0 Å². The van der Waals surface area contributed by atoms with E-state index >= 15 is 0 Å². The van der Waals surface area contributed by atoms with E-state index in [-0.39, 0.29) is 23.8 Å². The minimum atomic E-state index is -0.637. The number of aromatic nitrogens is 1. The lowest BCUT2D eigenvalue weighted by Crippen LogP contribution is -2.49. The molecular weight excluding hydrogens is 508 g/mol. The van der Waals surface area contributed by atoms with Crippen molar-refractivity contribution in [1.82, 2.24) is 9.88 Å². The molecule has 1 aromatic heterocycles. The van der Waals surface area contributed by atoms with Crippen LogP contribution in [-0.2, 0) is 4.79 Å². The zero-order valence-electron chi connectivity index (χ0n) is 24.4. The molecule has 4 aromatic rings. The molecule has 6 heteroatoms. The summed E-state index contributed by atoms with van der Waals surface area (Å²) < 4.78 is 0. The summed E-state index contributed by atoms with van der Waals surface area (Å²) in [7, 11) is 0. The molecule has 3 heterocycles. The second-order valence-electron chi connectivity index (χ2n) is 12.2. The number of H-pyrrole nitrogens is 1. The number of piperidine rings is 1. The lowest BCUT2D eigenvalue weighted by molar-refractivity contribution is -0.122. The number of hydrogen-bond acceptors (Lipinski definition) is 3. The molecule has 1 fully saturated rings. The summed E-state index contributed by atoms with van der Waals surface area (Å²) >= 11 is 0. The number of nitrogens with one attached hydrogen (secondary N) is 2. The molecule has 2 aliphatic heterocycles. The van der Waals surface area contributed by atoms with Gasteiger partial charge in [0, 0.05) is 52.7 Å². The van der Waals surface area contributed by atoms with Gasteiger partial charge in [0.15, 0.2) is 0 Å². The largest absolute Gasteiger partial charge is 0.371 e. The summed E-state index contributed by atoms with van der Waals surface area (Å²) in [4.78, 5) is 35.8. The number of para-hydroxylation sites is 1. The standard InChI is InChI=1S/C35H40N4O2/c1-5-24(4)32(34(40)37-25-14-16-26(17-15-25)38-20-22(2)18-23(3)21-38)39-33(28-11-6-7-12-29(28)35(39)41)30-19-36-31-13-9-8-10-27(30)31/h6-17,19,22-24,32-33,36H,5,18,20-21H2,1-4H3,(H,37,40). The minimum Gasteiger partial charge on any atom is -0.371 e. The number of benzene rings is 3. The van der Waals surface area contributed by atoms with Crippen molar-refractivity contribution in [3.63, 3.8) is 0 Å². The molecule has 41 heavy (non-hydrogen) atoms. The van der Waals surface area contributed by atoms with E-state index in [2.05, 4.69) is 61.1 Å². The highest BCUT2D eigenvalue weighted by Gasteiger charge is 2.46. The van der Waals surface area contributed by atoms with Gasteiger partial charge in [-0.1, -0.05) is 70.5 Å². The molecule has 6 rings (SSSR count). The Kier molecular flexibility index (Phi) is 7.33. The third kappa shape index (κ3) is 5.01. The molecule has 0 radical (unpaired) electrons. The van der Waals surface area contributed by atoms with Crippen LogP contribution < -0.4 is 10.2 Å². The number of amides is 2. The normalized spacial score (nSPS) is 22.0. The number of carbonyl (C=O) groups excluding carboxylic acids is 2. The molecule has 0 bridgehead atoms. The Morgan fingerprint density at radius 1 is 0.951 bits per heavy atom. The van der Waals surface area contributed by atoms with Crippen molar-refractivity contribution in [2.75, 3.05) is 23.3 Å². The third-order valence-corrected chi connectivity index (χ3v) is 9.03. The first-order valence-corrected chi connectivity index (χ1v) is 15.0. The number of carbonyl (C=O) groups is 2. The lowest BCUT2D eigenvalue weighted by atomic mass is 9.91. The topological polar surface area (TPSA) is 68.4 Å².